The summed E-state index contributed by atoms with van der Waals surface area (Å²) >= 11 is 0. The molecule has 1 unspecified atom stereocenters. The fourth-order valence-corrected chi connectivity index (χ4v) is 2.84. The highest BCUT2D eigenvalue weighted by Gasteiger charge is 2.22. The highest BCUT2D eigenvalue weighted by Crippen LogP contribution is 2.14. The third kappa shape index (κ3) is 3.11. The van der Waals surface area contributed by atoms with Crippen LogP contribution in [0.25, 0.3) is 0 Å². The first-order valence-corrected chi connectivity index (χ1v) is 7.12. The monoisotopic (exact) mass is 273 g/mol. The van der Waals surface area contributed by atoms with Gasteiger partial charge in [0.2, 0.25) is 10.0 Å². The van der Waals surface area contributed by atoms with E-state index in [0.29, 0.717) is 0 Å². The van der Waals surface area contributed by atoms with Crippen molar-refractivity contribution in [3.05, 3.63) is 18.0 Å². The Labute approximate surface area is 107 Å². The van der Waals surface area contributed by atoms with Crippen molar-refractivity contribution >= 4 is 15.9 Å². The molecule has 7 heteroatoms. The molecule has 1 atom stereocenters. The molecule has 0 radical (unpaired) electrons. The maximum atomic E-state index is 12.1. The number of aryl methyl sites for hydroxylation is 1. The SMILES string of the molecule is CC(C)C(C)NS(=O)(=O)c1cc(C(N)=O)n(C)c1. The van der Waals surface area contributed by atoms with Gasteiger partial charge < -0.3 is 10.3 Å². The molecule has 18 heavy (non-hydrogen) atoms. The van der Waals surface area contributed by atoms with Gasteiger partial charge in [0, 0.05) is 19.3 Å². The highest BCUT2D eigenvalue weighted by atomic mass is 32.2. The minimum atomic E-state index is -3.62. The number of carbonyl (C=O) groups excluding carboxylic acids is 1. The molecule has 0 saturated heterocycles. The molecule has 3 N–H and O–H groups in total. The van der Waals surface area contributed by atoms with Crippen LogP contribution >= 0.6 is 0 Å². The van der Waals surface area contributed by atoms with Gasteiger partial charge in [-0.1, -0.05) is 13.8 Å². The molecule has 0 fully saturated rings. The van der Waals surface area contributed by atoms with Crippen LogP contribution in [0.2, 0.25) is 0 Å². The Kier molecular flexibility index (Phi) is 4.18. The third-order valence-corrected chi connectivity index (χ3v) is 4.41. The average Bonchev–Trinajstić information content (AvgIpc) is 2.60. The molecule has 0 aliphatic heterocycles. The summed E-state index contributed by atoms with van der Waals surface area (Å²) in [5.41, 5.74) is 5.31. The minimum absolute atomic E-state index is 0.0475. The van der Waals surface area contributed by atoms with Crippen LogP contribution in [0.3, 0.4) is 0 Å². The number of nitrogens with zero attached hydrogens (tertiary/aromatic N) is 1. The fraction of sp³-hybridized carbons (Fsp3) is 0.545. The normalized spacial score (nSPS) is 13.8. The van der Waals surface area contributed by atoms with E-state index in [-0.39, 0.29) is 22.5 Å². The van der Waals surface area contributed by atoms with Crippen molar-refractivity contribution < 1.29 is 13.2 Å². The van der Waals surface area contributed by atoms with Gasteiger partial charge in [-0.05, 0) is 18.9 Å². The van der Waals surface area contributed by atoms with E-state index in [1.54, 1.807) is 14.0 Å². The lowest BCUT2D eigenvalue weighted by atomic mass is 10.1. The lowest BCUT2D eigenvalue weighted by Crippen LogP contribution is -2.35. The summed E-state index contributed by atoms with van der Waals surface area (Å²) in [5.74, 6) is -0.477. The second-order valence-corrected chi connectivity index (χ2v) is 6.40. The summed E-state index contributed by atoms with van der Waals surface area (Å²) in [5, 5.41) is 0. The second-order valence-electron chi connectivity index (χ2n) is 4.69. The first-order chi connectivity index (χ1) is 8.15. The largest absolute Gasteiger partial charge is 0.364 e. The van der Waals surface area contributed by atoms with Gasteiger partial charge in [0.25, 0.3) is 5.91 Å². The highest BCUT2D eigenvalue weighted by molar-refractivity contribution is 7.89. The lowest BCUT2D eigenvalue weighted by Gasteiger charge is -2.16. The van der Waals surface area contributed by atoms with E-state index in [2.05, 4.69) is 4.72 Å². The van der Waals surface area contributed by atoms with Gasteiger partial charge >= 0.3 is 0 Å². The van der Waals surface area contributed by atoms with E-state index >= 15 is 0 Å². The molecule has 0 saturated carbocycles. The first kappa shape index (κ1) is 14.7. The van der Waals surface area contributed by atoms with Crippen molar-refractivity contribution in [2.45, 2.75) is 31.7 Å². The van der Waals surface area contributed by atoms with Crippen molar-refractivity contribution in [3.63, 3.8) is 0 Å². The van der Waals surface area contributed by atoms with Crippen LogP contribution in [0.15, 0.2) is 17.2 Å². The standard InChI is InChI=1S/C11H19N3O3S/c1-7(2)8(3)13-18(16,17)9-5-10(11(12)15)14(4)6-9/h5-8,13H,1-4H3,(H2,12,15). The Balaban J connectivity index is 3.06. The number of hydrogen-bond donors (Lipinski definition) is 2. The molecule has 0 aliphatic carbocycles. The number of primary amides is 1. The van der Waals surface area contributed by atoms with Crippen molar-refractivity contribution in [1.82, 2.24) is 9.29 Å². The molecule has 1 heterocycles. The molecular weight excluding hydrogens is 254 g/mol. The number of nitrogens with two attached hydrogens (primary N) is 1. The van der Waals surface area contributed by atoms with Crippen LogP contribution in [0.4, 0.5) is 0 Å². The maximum absolute atomic E-state index is 12.1. The average molecular weight is 273 g/mol. The van der Waals surface area contributed by atoms with E-state index in [4.69, 9.17) is 5.73 Å². The van der Waals surface area contributed by atoms with Crippen LogP contribution in [-0.2, 0) is 17.1 Å². The molecular formula is C11H19N3O3S. The van der Waals surface area contributed by atoms with E-state index < -0.39 is 15.9 Å². The van der Waals surface area contributed by atoms with Gasteiger partial charge in [-0.15, -0.1) is 0 Å². The first-order valence-electron chi connectivity index (χ1n) is 5.63. The van der Waals surface area contributed by atoms with Gasteiger partial charge in [0.15, 0.2) is 0 Å². The Morgan fingerprint density at radius 2 is 1.94 bits per heavy atom. The molecule has 1 rings (SSSR count). The zero-order valence-corrected chi connectivity index (χ0v) is 11.8. The number of sulfonamides is 1. The van der Waals surface area contributed by atoms with Gasteiger partial charge in [-0.3, -0.25) is 4.79 Å². The number of hydrogen-bond acceptors (Lipinski definition) is 3. The Morgan fingerprint density at radius 1 is 1.39 bits per heavy atom. The Hall–Kier alpha value is -1.34. The Morgan fingerprint density at radius 3 is 2.33 bits per heavy atom. The molecule has 0 aliphatic rings. The number of rotatable bonds is 5. The van der Waals surface area contributed by atoms with E-state index in [1.807, 2.05) is 13.8 Å². The molecule has 1 aromatic heterocycles. The summed E-state index contributed by atoms with van der Waals surface area (Å²) in [6.45, 7) is 5.64. The fourth-order valence-electron chi connectivity index (χ4n) is 1.37. The number of amides is 1. The summed E-state index contributed by atoms with van der Waals surface area (Å²) in [4.78, 5) is 11.1. The van der Waals surface area contributed by atoms with E-state index in [1.165, 1.54) is 16.8 Å². The zero-order chi connectivity index (χ0) is 14.1. The molecule has 0 aromatic carbocycles. The third-order valence-electron chi connectivity index (χ3n) is 2.88. The number of aromatic nitrogens is 1. The van der Waals surface area contributed by atoms with Crippen molar-refractivity contribution in [2.75, 3.05) is 0 Å². The second kappa shape index (κ2) is 5.11. The van der Waals surface area contributed by atoms with Crippen LogP contribution in [-0.4, -0.2) is 24.9 Å². The van der Waals surface area contributed by atoms with Crippen LogP contribution in [0.1, 0.15) is 31.3 Å². The smallest absolute Gasteiger partial charge is 0.265 e. The number of carbonyl (C=O) groups is 1. The predicted molar refractivity (Wildman–Crippen MR) is 68.6 cm³/mol. The zero-order valence-electron chi connectivity index (χ0n) is 11.0. The summed E-state index contributed by atoms with van der Waals surface area (Å²) < 4.78 is 28.1. The van der Waals surface area contributed by atoms with Gasteiger partial charge in [0.05, 0.1) is 0 Å². The molecule has 0 spiro atoms. The summed E-state index contributed by atoms with van der Waals surface area (Å²) in [7, 11) is -2.04. The maximum Gasteiger partial charge on any atom is 0.265 e. The van der Waals surface area contributed by atoms with E-state index in [0.717, 1.165) is 0 Å². The van der Waals surface area contributed by atoms with Crippen LogP contribution in [0, 0.1) is 5.92 Å². The quantitative estimate of drug-likeness (QED) is 0.815. The summed E-state index contributed by atoms with van der Waals surface area (Å²) in [6.07, 6.45) is 1.37. The summed E-state index contributed by atoms with van der Waals surface area (Å²) in [6, 6.07) is 1.09. The molecule has 1 amide bonds. The molecule has 6 nitrogen and oxygen atoms in total. The van der Waals surface area contributed by atoms with Crippen LogP contribution in [0.5, 0.6) is 0 Å². The minimum Gasteiger partial charge on any atom is -0.364 e. The van der Waals surface area contributed by atoms with Gasteiger partial charge in [-0.25, -0.2) is 13.1 Å². The van der Waals surface area contributed by atoms with Crippen LogP contribution < -0.4 is 10.5 Å². The topological polar surface area (TPSA) is 94.2 Å². The molecule has 102 valence electrons. The lowest BCUT2D eigenvalue weighted by molar-refractivity contribution is 0.0992. The van der Waals surface area contributed by atoms with E-state index in [9.17, 15) is 13.2 Å². The van der Waals surface area contributed by atoms with Gasteiger partial charge in [-0.2, -0.15) is 0 Å². The Bertz CT molecular complexity index is 546. The number of nitrogens with one attached hydrogen (secondary N) is 1. The molecule has 1 aromatic rings. The van der Waals surface area contributed by atoms with Crippen molar-refractivity contribution in [3.8, 4) is 0 Å². The van der Waals surface area contributed by atoms with Gasteiger partial charge in [0.1, 0.15) is 10.6 Å². The van der Waals surface area contributed by atoms with Crippen molar-refractivity contribution in [1.29, 1.82) is 0 Å². The molecule has 0 bridgehead atoms. The predicted octanol–water partition coefficient (Wildman–Crippen LogP) is 0.447. The van der Waals surface area contributed by atoms with Crippen molar-refractivity contribution in [2.24, 2.45) is 18.7 Å².